The molecule has 1 atom stereocenters. The van der Waals surface area contributed by atoms with E-state index in [1.165, 1.54) is 0 Å². The SMILES string of the molecule is CCCOc1ccccc1OCC(C)(NCC)C(=O)O. The molecule has 2 N–H and O–H groups in total. The molecular weight excluding hydrogens is 258 g/mol. The highest BCUT2D eigenvalue weighted by molar-refractivity contribution is 5.78. The molecule has 0 heterocycles. The summed E-state index contributed by atoms with van der Waals surface area (Å²) in [5.41, 5.74) is -1.12. The lowest BCUT2D eigenvalue weighted by atomic mass is 10.0. The molecule has 0 aliphatic rings. The van der Waals surface area contributed by atoms with E-state index in [2.05, 4.69) is 5.32 Å². The van der Waals surface area contributed by atoms with E-state index in [4.69, 9.17) is 9.47 Å². The topological polar surface area (TPSA) is 67.8 Å². The van der Waals surface area contributed by atoms with Crippen LogP contribution in [0.4, 0.5) is 0 Å². The van der Waals surface area contributed by atoms with Gasteiger partial charge in [0.2, 0.25) is 0 Å². The van der Waals surface area contributed by atoms with Crippen LogP contribution in [0, 0.1) is 0 Å². The Morgan fingerprint density at radius 3 is 2.35 bits per heavy atom. The van der Waals surface area contributed by atoms with Gasteiger partial charge in [-0.05, 0) is 32.0 Å². The Labute approximate surface area is 119 Å². The third-order valence-electron chi connectivity index (χ3n) is 2.87. The van der Waals surface area contributed by atoms with Gasteiger partial charge < -0.3 is 14.6 Å². The van der Waals surface area contributed by atoms with Crippen molar-refractivity contribution < 1.29 is 19.4 Å². The van der Waals surface area contributed by atoms with Crippen molar-refractivity contribution in [2.45, 2.75) is 32.7 Å². The molecule has 1 aromatic carbocycles. The predicted molar refractivity (Wildman–Crippen MR) is 77.4 cm³/mol. The third-order valence-corrected chi connectivity index (χ3v) is 2.87. The number of hydrogen-bond donors (Lipinski definition) is 2. The molecule has 0 aliphatic carbocycles. The first-order chi connectivity index (χ1) is 9.53. The second kappa shape index (κ2) is 7.75. The Morgan fingerprint density at radius 1 is 1.25 bits per heavy atom. The van der Waals surface area contributed by atoms with Crippen molar-refractivity contribution in [1.82, 2.24) is 5.32 Å². The van der Waals surface area contributed by atoms with Gasteiger partial charge in [-0.15, -0.1) is 0 Å². The molecule has 5 nitrogen and oxygen atoms in total. The molecule has 1 aromatic rings. The molecule has 5 heteroatoms. The summed E-state index contributed by atoms with van der Waals surface area (Å²) in [6.07, 6.45) is 0.901. The van der Waals surface area contributed by atoms with Gasteiger partial charge in [0.15, 0.2) is 11.5 Å². The van der Waals surface area contributed by atoms with Crippen LogP contribution in [0.3, 0.4) is 0 Å². The Kier molecular flexibility index (Phi) is 6.31. The van der Waals surface area contributed by atoms with E-state index >= 15 is 0 Å². The summed E-state index contributed by atoms with van der Waals surface area (Å²) in [5.74, 6) is 0.260. The number of rotatable bonds is 9. The predicted octanol–water partition coefficient (Wildman–Crippen LogP) is 2.31. The molecule has 0 aromatic heterocycles. The highest BCUT2D eigenvalue weighted by Gasteiger charge is 2.33. The fourth-order valence-corrected chi connectivity index (χ4v) is 1.70. The molecule has 0 amide bonds. The van der Waals surface area contributed by atoms with Gasteiger partial charge >= 0.3 is 5.97 Å². The van der Waals surface area contributed by atoms with Gasteiger partial charge in [0.05, 0.1) is 6.61 Å². The first kappa shape index (κ1) is 16.3. The van der Waals surface area contributed by atoms with E-state index in [-0.39, 0.29) is 6.61 Å². The van der Waals surface area contributed by atoms with E-state index in [1.807, 2.05) is 32.0 Å². The molecular formula is C15H23NO4. The van der Waals surface area contributed by atoms with Gasteiger partial charge in [-0.3, -0.25) is 10.1 Å². The van der Waals surface area contributed by atoms with Crippen LogP contribution in [0.5, 0.6) is 11.5 Å². The van der Waals surface area contributed by atoms with Gasteiger partial charge in [0.25, 0.3) is 0 Å². The molecule has 0 saturated heterocycles. The lowest BCUT2D eigenvalue weighted by Gasteiger charge is -2.26. The van der Waals surface area contributed by atoms with E-state index < -0.39 is 11.5 Å². The fraction of sp³-hybridized carbons (Fsp3) is 0.533. The Morgan fingerprint density at radius 2 is 1.85 bits per heavy atom. The number of ether oxygens (including phenoxy) is 2. The summed E-state index contributed by atoms with van der Waals surface area (Å²) in [6, 6.07) is 7.29. The summed E-state index contributed by atoms with van der Waals surface area (Å²) in [6.45, 7) is 6.68. The monoisotopic (exact) mass is 281 g/mol. The number of nitrogens with one attached hydrogen (secondary N) is 1. The molecule has 1 rings (SSSR count). The van der Waals surface area contributed by atoms with Crippen LogP contribution in [0.25, 0.3) is 0 Å². The molecule has 0 saturated carbocycles. The number of para-hydroxylation sites is 2. The maximum atomic E-state index is 11.3. The van der Waals surface area contributed by atoms with Crippen molar-refractivity contribution in [2.24, 2.45) is 0 Å². The van der Waals surface area contributed by atoms with Crippen LogP contribution in [0.1, 0.15) is 27.2 Å². The van der Waals surface area contributed by atoms with Crippen molar-refractivity contribution in [1.29, 1.82) is 0 Å². The van der Waals surface area contributed by atoms with Gasteiger partial charge in [0, 0.05) is 0 Å². The minimum Gasteiger partial charge on any atom is -0.490 e. The van der Waals surface area contributed by atoms with Gasteiger partial charge in [-0.1, -0.05) is 26.0 Å². The van der Waals surface area contributed by atoms with Crippen molar-refractivity contribution in [3.63, 3.8) is 0 Å². The number of hydrogen-bond acceptors (Lipinski definition) is 4. The maximum Gasteiger partial charge on any atom is 0.327 e. The van der Waals surface area contributed by atoms with Crippen molar-refractivity contribution >= 4 is 5.97 Å². The van der Waals surface area contributed by atoms with Crippen molar-refractivity contribution in [3.8, 4) is 11.5 Å². The summed E-state index contributed by atoms with van der Waals surface area (Å²) in [7, 11) is 0. The molecule has 112 valence electrons. The van der Waals surface area contributed by atoms with Crippen LogP contribution in [0.2, 0.25) is 0 Å². The summed E-state index contributed by atoms with van der Waals surface area (Å²) < 4.78 is 11.2. The average Bonchev–Trinajstić information content (AvgIpc) is 2.44. The number of carbonyl (C=O) groups is 1. The first-order valence-corrected chi connectivity index (χ1v) is 6.86. The minimum absolute atomic E-state index is 0.0304. The molecule has 0 spiro atoms. The second-order valence-electron chi connectivity index (χ2n) is 4.75. The first-order valence-electron chi connectivity index (χ1n) is 6.86. The molecule has 0 bridgehead atoms. The summed E-state index contributed by atoms with van der Waals surface area (Å²) in [4.78, 5) is 11.3. The second-order valence-corrected chi connectivity index (χ2v) is 4.75. The number of carboxylic acids is 1. The largest absolute Gasteiger partial charge is 0.490 e. The Bertz CT molecular complexity index is 436. The van der Waals surface area contributed by atoms with Crippen molar-refractivity contribution in [2.75, 3.05) is 19.8 Å². The molecule has 0 aliphatic heterocycles. The lowest BCUT2D eigenvalue weighted by Crippen LogP contribution is -2.53. The van der Waals surface area contributed by atoms with Crippen LogP contribution >= 0.6 is 0 Å². The quantitative estimate of drug-likeness (QED) is 0.727. The van der Waals surface area contributed by atoms with E-state index in [0.29, 0.717) is 24.7 Å². The molecule has 20 heavy (non-hydrogen) atoms. The number of aliphatic carboxylic acids is 1. The van der Waals surface area contributed by atoms with Gasteiger partial charge in [0.1, 0.15) is 12.1 Å². The van der Waals surface area contributed by atoms with Crippen molar-refractivity contribution in [3.05, 3.63) is 24.3 Å². The zero-order chi connectivity index (χ0) is 15.0. The standard InChI is InChI=1S/C15H23NO4/c1-4-10-19-12-8-6-7-9-13(12)20-11-15(3,14(17)18)16-5-2/h6-9,16H,4-5,10-11H2,1-3H3,(H,17,18). The highest BCUT2D eigenvalue weighted by Crippen LogP contribution is 2.27. The smallest absolute Gasteiger partial charge is 0.327 e. The number of likely N-dealkylation sites (N-methyl/N-ethyl adjacent to an activating group) is 1. The lowest BCUT2D eigenvalue weighted by molar-refractivity contribution is -0.145. The maximum absolute atomic E-state index is 11.3. The van der Waals surface area contributed by atoms with Crippen LogP contribution in [-0.4, -0.2) is 36.4 Å². The summed E-state index contributed by atoms with van der Waals surface area (Å²) >= 11 is 0. The van der Waals surface area contributed by atoms with Crippen LogP contribution in [-0.2, 0) is 4.79 Å². The van der Waals surface area contributed by atoms with Crippen LogP contribution < -0.4 is 14.8 Å². The third kappa shape index (κ3) is 4.42. The van der Waals surface area contributed by atoms with E-state index in [0.717, 1.165) is 6.42 Å². The normalized spacial score (nSPS) is 13.6. The molecule has 1 unspecified atom stereocenters. The zero-order valence-corrected chi connectivity index (χ0v) is 12.3. The zero-order valence-electron chi connectivity index (χ0n) is 12.3. The Hall–Kier alpha value is -1.75. The fourth-order valence-electron chi connectivity index (χ4n) is 1.70. The van der Waals surface area contributed by atoms with E-state index in [9.17, 15) is 9.90 Å². The number of benzene rings is 1. The molecule has 0 radical (unpaired) electrons. The Balaban J connectivity index is 2.75. The molecule has 0 fully saturated rings. The highest BCUT2D eigenvalue weighted by atomic mass is 16.5. The summed E-state index contributed by atoms with van der Waals surface area (Å²) in [5, 5.41) is 12.2. The van der Waals surface area contributed by atoms with Gasteiger partial charge in [-0.25, -0.2) is 0 Å². The number of carboxylic acid groups (broad SMARTS) is 1. The van der Waals surface area contributed by atoms with Crippen LogP contribution in [0.15, 0.2) is 24.3 Å². The van der Waals surface area contributed by atoms with Gasteiger partial charge in [-0.2, -0.15) is 0 Å². The van der Waals surface area contributed by atoms with E-state index in [1.54, 1.807) is 13.0 Å². The average molecular weight is 281 g/mol. The minimum atomic E-state index is -1.12.